The van der Waals surface area contributed by atoms with Crippen LogP contribution < -0.4 is 0 Å². The van der Waals surface area contributed by atoms with E-state index in [0.29, 0.717) is 25.2 Å². The summed E-state index contributed by atoms with van der Waals surface area (Å²) in [5.41, 5.74) is 1.42. The summed E-state index contributed by atoms with van der Waals surface area (Å²) in [7, 11) is 0. The highest BCUT2D eigenvalue weighted by Crippen LogP contribution is 2.21. The van der Waals surface area contributed by atoms with Gasteiger partial charge >= 0.3 is 5.97 Å². The number of aliphatic hydroxyl groups excluding tert-OH is 1. The molecule has 0 bridgehead atoms. The molecule has 1 aromatic carbocycles. The van der Waals surface area contributed by atoms with Crippen LogP contribution in [0.15, 0.2) is 53.8 Å². The van der Waals surface area contributed by atoms with E-state index in [-0.39, 0.29) is 5.76 Å². The van der Waals surface area contributed by atoms with Crippen molar-refractivity contribution in [3.05, 3.63) is 59.4 Å². The van der Waals surface area contributed by atoms with Gasteiger partial charge in [0.15, 0.2) is 0 Å². The Hall–Kier alpha value is -2.07. The van der Waals surface area contributed by atoms with Crippen LogP contribution in [0.3, 0.4) is 0 Å². The van der Waals surface area contributed by atoms with E-state index in [1.54, 1.807) is 13.0 Å². The van der Waals surface area contributed by atoms with E-state index in [1.165, 1.54) is 6.08 Å². The van der Waals surface area contributed by atoms with Gasteiger partial charge in [0.25, 0.3) is 0 Å². The fraction of sp³-hybridized carbons (Fsp3) is 0.312. The molecule has 2 rings (SSSR count). The van der Waals surface area contributed by atoms with Gasteiger partial charge < -0.3 is 14.6 Å². The van der Waals surface area contributed by atoms with Crippen molar-refractivity contribution >= 4 is 5.97 Å². The molecule has 1 aromatic rings. The molecular weight excluding hydrogens is 256 g/mol. The SMILES string of the molecule is CCOC(=O)C1=CCC(OCc2ccccc2)C(O)=C1. The van der Waals surface area contributed by atoms with Crippen molar-refractivity contribution in [3.8, 4) is 0 Å². The molecule has 0 spiro atoms. The molecule has 0 heterocycles. The van der Waals surface area contributed by atoms with Crippen LogP contribution in [-0.2, 0) is 20.9 Å². The average Bonchev–Trinajstić information content (AvgIpc) is 2.47. The predicted octanol–water partition coefficient (Wildman–Crippen LogP) is 2.91. The van der Waals surface area contributed by atoms with E-state index >= 15 is 0 Å². The first kappa shape index (κ1) is 14.3. The van der Waals surface area contributed by atoms with Crippen LogP contribution >= 0.6 is 0 Å². The first-order valence-electron chi connectivity index (χ1n) is 6.64. The minimum Gasteiger partial charge on any atom is -0.510 e. The molecule has 1 N–H and O–H groups in total. The standard InChI is InChI=1S/C16H18O4/c1-2-19-16(18)13-8-9-15(14(17)10-13)20-11-12-6-4-3-5-7-12/h3-8,10,15,17H,2,9,11H2,1H3. The summed E-state index contributed by atoms with van der Waals surface area (Å²) in [6, 6.07) is 9.74. The average molecular weight is 274 g/mol. The third-order valence-corrected chi connectivity index (χ3v) is 2.99. The second-order valence-corrected chi connectivity index (χ2v) is 4.47. The molecule has 0 aromatic heterocycles. The Labute approximate surface area is 118 Å². The van der Waals surface area contributed by atoms with Crippen molar-refractivity contribution in [3.63, 3.8) is 0 Å². The lowest BCUT2D eigenvalue weighted by Crippen LogP contribution is -2.20. The minimum atomic E-state index is -0.416. The van der Waals surface area contributed by atoms with E-state index in [0.717, 1.165) is 5.56 Å². The fourth-order valence-corrected chi connectivity index (χ4v) is 1.95. The van der Waals surface area contributed by atoms with Gasteiger partial charge in [-0.3, -0.25) is 0 Å². The van der Waals surface area contributed by atoms with Gasteiger partial charge in [-0.1, -0.05) is 36.4 Å². The highest BCUT2D eigenvalue weighted by Gasteiger charge is 2.21. The normalized spacial score (nSPS) is 18.1. The monoisotopic (exact) mass is 274 g/mol. The molecule has 4 nitrogen and oxygen atoms in total. The molecule has 0 saturated heterocycles. The summed E-state index contributed by atoms with van der Waals surface area (Å²) >= 11 is 0. The molecule has 20 heavy (non-hydrogen) atoms. The van der Waals surface area contributed by atoms with Crippen molar-refractivity contribution in [1.82, 2.24) is 0 Å². The zero-order chi connectivity index (χ0) is 14.4. The minimum absolute atomic E-state index is 0.0616. The van der Waals surface area contributed by atoms with Crippen LogP contribution in [0.4, 0.5) is 0 Å². The molecule has 0 saturated carbocycles. The van der Waals surface area contributed by atoms with Crippen molar-refractivity contribution in [2.24, 2.45) is 0 Å². The van der Waals surface area contributed by atoms with Crippen LogP contribution in [-0.4, -0.2) is 23.8 Å². The van der Waals surface area contributed by atoms with Crippen LogP contribution in [0.5, 0.6) is 0 Å². The van der Waals surface area contributed by atoms with Crippen molar-refractivity contribution in [2.45, 2.75) is 26.1 Å². The summed E-state index contributed by atoms with van der Waals surface area (Å²) in [5, 5.41) is 9.92. The molecule has 1 aliphatic carbocycles. The maximum absolute atomic E-state index is 11.5. The predicted molar refractivity (Wildman–Crippen MR) is 75.1 cm³/mol. The lowest BCUT2D eigenvalue weighted by molar-refractivity contribution is -0.138. The molecule has 0 fully saturated rings. The lowest BCUT2D eigenvalue weighted by Gasteiger charge is -2.20. The van der Waals surface area contributed by atoms with Gasteiger partial charge in [0.1, 0.15) is 11.9 Å². The molecular formula is C16H18O4. The first-order chi connectivity index (χ1) is 9.70. The smallest absolute Gasteiger partial charge is 0.337 e. The third-order valence-electron chi connectivity index (χ3n) is 2.99. The number of aliphatic hydroxyl groups is 1. The Kier molecular flexibility index (Phi) is 4.96. The Morgan fingerprint density at radius 2 is 2.10 bits per heavy atom. The quantitative estimate of drug-likeness (QED) is 0.839. The summed E-state index contributed by atoms with van der Waals surface area (Å²) in [5.74, 6) is -0.355. The Bertz CT molecular complexity index is 517. The molecule has 1 aliphatic rings. The number of esters is 1. The molecule has 0 radical (unpaired) electrons. The van der Waals surface area contributed by atoms with Crippen molar-refractivity contribution < 1.29 is 19.4 Å². The van der Waals surface area contributed by atoms with Crippen LogP contribution in [0.25, 0.3) is 0 Å². The van der Waals surface area contributed by atoms with E-state index in [9.17, 15) is 9.90 Å². The summed E-state index contributed by atoms with van der Waals surface area (Å²) in [6.45, 7) is 2.49. The Morgan fingerprint density at radius 3 is 2.75 bits per heavy atom. The maximum atomic E-state index is 11.5. The van der Waals surface area contributed by atoms with Gasteiger partial charge in [-0.15, -0.1) is 0 Å². The number of hydrogen-bond acceptors (Lipinski definition) is 4. The lowest BCUT2D eigenvalue weighted by atomic mass is 10.0. The zero-order valence-electron chi connectivity index (χ0n) is 11.4. The number of carbonyl (C=O) groups excluding carboxylic acids is 1. The number of hydrogen-bond donors (Lipinski definition) is 1. The molecule has 106 valence electrons. The van der Waals surface area contributed by atoms with E-state index in [2.05, 4.69) is 0 Å². The van der Waals surface area contributed by atoms with Gasteiger partial charge in [0, 0.05) is 0 Å². The van der Waals surface area contributed by atoms with Crippen molar-refractivity contribution in [1.29, 1.82) is 0 Å². The zero-order valence-corrected chi connectivity index (χ0v) is 11.4. The highest BCUT2D eigenvalue weighted by atomic mass is 16.5. The van der Waals surface area contributed by atoms with Gasteiger partial charge in [0.2, 0.25) is 0 Å². The van der Waals surface area contributed by atoms with E-state index in [4.69, 9.17) is 9.47 Å². The maximum Gasteiger partial charge on any atom is 0.337 e. The van der Waals surface area contributed by atoms with Crippen LogP contribution in [0, 0.1) is 0 Å². The van der Waals surface area contributed by atoms with Gasteiger partial charge in [-0.25, -0.2) is 4.79 Å². The summed E-state index contributed by atoms with van der Waals surface area (Å²) in [6.07, 6.45) is 3.20. The fourth-order valence-electron chi connectivity index (χ4n) is 1.95. The highest BCUT2D eigenvalue weighted by molar-refractivity contribution is 5.92. The van der Waals surface area contributed by atoms with E-state index in [1.807, 2.05) is 30.3 Å². The summed E-state index contributed by atoms with van der Waals surface area (Å²) < 4.78 is 10.5. The Morgan fingerprint density at radius 1 is 1.35 bits per heavy atom. The second-order valence-electron chi connectivity index (χ2n) is 4.47. The molecule has 1 atom stereocenters. The molecule has 0 aliphatic heterocycles. The summed E-state index contributed by atoms with van der Waals surface area (Å²) in [4.78, 5) is 11.5. The second kappa shape index (κ2) is 6.91. The molecule has 0 amide bonds. The van der Waals surface area contributed by atoms with Crippen LogP contribution in [0.2, 0.25) is 0 Å². The molecule has 1 unspecified atom stereocenters. The van der Waals surface area contributed by atoms with E-state index < -0.39 is 12.1 Å². The third kappa shape index (κ3) is 3.71. The first-order valence-corrected chi connectivity index (χ1v) is 6.64. The van der Waals surface area contributed by atoms with Crippen molar-refractivity contribution in [2.75, 3.05) is 6.61 Å². The van der Waals surface area contributed by atoms with Gasteiger partial charge in [0.05, 0.1) is 18.8 Å². The number of rotatable bonds is 5. The number of ether oxygens (including phenoxy) is 2. The largest absolute Gasteiger partial charge is 0.510 e. The van der Waals surface area contributed by atoms with Gasteiger partial charge in [-0.2, -0.15) is 0 Å². The van der Waals surface area contributed by atoms with Crippen LogP contribution in [0.1, 0.15) is 18.9 Å². The topological polar surface area (TPSA) is 55.8 Å². The van der Waals surface area contributed by atoms with Gasteiger partial charge in [-0.05, 0) is 25.0 Å². The number of benzene rings is 1. The molecule has 4 heteroatoms. The Balaban J connectivity index is 1.91. The number of carbonyl (C=O) groups is 1.